The van der Waals surface area contributed by atoms with Crippen molar-refractivity contribution in [2.45, 2.75) is 12.5 Å². The fourth-order valence-electron chi connectivity index (χ4n) is 2.79. The number of anilines is 1. The minimum atomic E-state index is -0.179. The molecule has 1 heterocycles. The van der Waals surface area contributed by atoms with Crippen LogP contribution in [0, 0.1) is 5.82 Å². The number of rotatable bonds is 2. The van der Waals surface area contributed by atoms with Crippen LogP contribution in [0.4, 0.5) is 10.1 Å². The molecule has 1 aliphatic rings. The maximum Gasteiger partial charge on any atom is 0.123 e. The first-order valence-electron chi connectivity index (χ1n) is 7.12. The Labute approximate surface area is 119 Å². The van der Waals surface area contributed by atoms with Gasteiger partial charge in [-0.25, -0.2) is 4.39 Å². The van der Waals surface area contributed by atoms with Gasteiger partial charge in [0.1, 0.15) is 5.82 Å². The van der Waals surface area contributed by atoms with Gasteiger partial charge in [0.2, 0.25) is 0 Å². The van der Waals surface area contributed by atoms with E-state index in [1.165, 1.54) is 5.69 Å². The second-order valence-electron chi connectivity index (χ2n) is 5.15. The molecular weight excluding hydrogens is 251 g/mol. The number of halogens is 1. The first kappa shape index (κ1) is 13.1. The summed E-state index contributed by atoms with van der Waals surface area (Å²) in [6, 6.07) is 17.6. The molecule has 20 heavy (non-hydrogen) atoms. The lowest BCUT2D eigenvalue weighted by molar-refractivity contribution is 0.606. The van der Waals surface area contributed by atoms with E-state index >= 15 is 0 Å². The number of para-hydroxylation sites is 1. The minimum Gasteiger partial charge on any atom is -0.363 e. The second-order valence-corrected chi connectivity index (χ2v) is 5.15. The largest absolute Gasteiger partial charge is 0.363 e. The maximum absolute atomic E-state index is 13.1. The molecule has 0 spiro atoms. The summed E-state index contributed by atoms with van der Waals surface area (Å²) in [5.41, 5.74) is 2.38. The molecule has 1 aliphatic heterocycles. The van der Waals surface area contributed by atoms with E-state index in [0.29, 0.717) is 0 Å². The van der Waals surface area contributed by atoms with Gasteiger partial charge in [0, 0.05) is 18.8 Å². The van der Waals surface area contributed by atoms with Crippen molar-refractivity contribution in [3.63, 3.8) is 0 Å². The third-order valence-electron chi connectivity index (χ3n) is 3.81. The van der Waals surface area contributed by atoms with Crippen molar-refractivity contribution < 1.29 is 4.39 Å². The van der Waals surface area contributed by atoms with Crippen LogP contribution >= 0.6 is 0 Å². The standard InChI is InChI=1S/C17H19FN2/c18-15-9-7-14(8-10-15)17-13-19-11-4-12-20(17)16-5-2-1-3-6-16/h1-3,5-10,17,19H,4,11-13H2/t17-/m1/s1. The molecule has 3 heteroatoms. The quantitative estimate of drug-likeness (QED) is 0.900. The fourth-order valence-corrected chi connectivity index (χ4v) is 2.79. The molecule has 2 aromatic rings. The predicted molar refractivity (Wildman–Crippen MR) is 80.4 cm³/mol. The highest BCUT2D eigenvalue weighted by Crippen LogP contribution is 2.28. The van der Waals surface area contributed by atoms with Crippen molar-refractivity contribution in [3.8, 4) is 0 Å². The zero-order valence-corrected chi connectivity index (χ0v) is 11.4. The van der Waals surface area contributed by atoms with Gasteiger partial charge >= 0.3 is 0 Å². The van der Waals surface area contributed by atoms with Gasteiger partial charge in [0.15, 0.2) is 0 Å². The van der Waals surface area contributed by atoms with Gasteiger partial charge in [-0.05, 0) is 42.8 Å². The summed E-state index contributed by atoms with van der Waals surface area (Å²) in [5, 5.41) is 3.47. The first-order chi connectivity index (χ1) is 9.84. The van der Waals surface area contributed by atoms with Gasteiger partial charge in [-0.2, -0.15) is 0 Å². The Hall–Kier alpha value is -1.87. The molecule has 1 atom stereocenters. The van der Waals surface area contributed by atoms with Gasteiger partial charge in [-0.15, -0.1) is 0 Å². The lowest BCUT2D eigenvalue weighted by atomic mass is 10.0. The third kappa shape index (κ3) is 2.83. The average Bonchev–Trinajstić information content (AvgIpc) is 2.75. The Morgan fingerprint density at radius 1 is 1.00 bits per heavy atom. The Bertz CT molecular complexity index is 539. The zero-order chi connectivity index (χ0) is 13.8. The molecule has 104 valence electrons. The zero-order valence-electron chi connectivity index (χ0n) is 11.4. The Morgan fingerprint density at radius 3 is 2.50 bits per heavy atom. The van der Waals surface area contributed by atoms with Crippen LogP contribution in [0.15, 0.2) is 54.6 Å². The van der Waals surface area contributed by atoms with Gasteiger partial charge in [0.25, 0.3) is 0 Å². The van der Waals surface area contributed by atoms with Crippen molar-refractivity contribution in [1.29, 1.82) is 0 Å². The Morgan fingerprint density at radius 2 is 1.75 bits per heavy atom. The van der Waals surface area contributed by atoms with E-state index in [2.05, 4.69) is 34.5 Å². The van der Waals surface area contributed by atoms with E-state index in [9.17, 15) is 4.39 Å². The highest BCUT2D eigenvalue weighted by atomic mass is 19.1. The van der Waals surface area contributed by atoms with Crippen LogP contribution in [-0.4, -0.2) is 19.6 Å². The van der Waals surface area contributed by atoms with Crippen LogP contribution in [0.2, 0.25) is 0 Å². The molecule has 0 radical (unpaired) electrons. The number of nitrogens with one attached hydrogen (secondary N) is 1. The molecule has 2 nitrogen and oxygen atoms in total. The molecule has 2 aromatic carbocycles. The SMILES string of the molecule is Fc1ccc([C@H]2CNCCCN2c2ccccc2)cc1. The predicted octanol–water partition coefficient (Wildman–Crippen LogP) is 3.37. The van der Waals surface area contributed by atoms with E-state index in [0.717, 1.165) is 31.6 Å². The van der Waals surface area contributed by atoms with Crippen molar-refractivity contribution >= 4 is 5.69 Å². The van der Waals surface area contributed by atoms with Gasteiger partial charge < -0.3 is 10.2 Å². The van der Waals surface area contributed by atoms with Crippen molar-refractivity contribution in [2.75, 3.05) is 24.5 Å². The highest BCUT2D eigenvalue weighted by Gasteiger charge is 2.22. The molecule has 1 fully saturated rings. The minimum absolute atomic E-state index is 0.179. The summed E-state index contributed by atoms with van der Waals surface area (Å²) in [7, 11) is 0. The summed E-state index contributed by atoms with van der Waals surface area (Å²) < 4.78 is 13.1. The summed E-state index contributed by atoms with van der Waals surface area (Å²) in [6.45, 7) is 2.93. The maximum atomic E-state index is 13.1. The van der Waals surface area contributed by atoms with Gasteiger partial charge in [0.05, 0.1) is 6.04 Å². The lowest BCUT2D eigenvalue weighted by Crippen LogP contribution is -2.32. The third-order valence-corrected chi connectivity index (χ3v) is 3.81. The van der Waals surface area contributed by atoms with E-state index in [4.69, 9.17) is 0 Å². The monoisotopic (exact) mass is 270 g/mol. The van der Waals surface area contributed by atoms with Gasteiger partial charge in [-0.3, -0.25) is 0 Å². The molecule has 0 amide bonds. The number of hydrogen-bond donors (Lipinski definition) is 1. The molecule has 3 rings (SSSR count). The van der Waals surface area contributed by atoms with Crippen molar-refractivity contribution in [2.24, 2.45) is 0 Å². The molecule has 0 bridgehead atoms. The van der Waals surface area contributed by atoms with Crippen LogP contribution in [0.3, 0.4) is 0 Å². The molecular formula is C17H19FN2. The molecule has 0 saturated carbocycles. The van der Waals surface area contributed by atoms with Crippen molar-refractivity contribution in [1.82, 2.24) is 5.32 Å². The smallest absolute Gasteiger partial charge is 0.123 e. The van der Waals surface area contributed by atoms with Crippen LogP contribution in [0.25, 0.3) is 0 Å². The summed E-state index contributed by atoms with van der Waals surface area (Å²) in [6.07, 6.45) is 1.12. The van der Waals surface area contributed by atoms with Crippen molar-refractivity contribution in [3.05, 3.63) is 66.0 Å². The van der Waals surface area contributed by atoms with Crippen LogP contribution < -0.4 is 10.2 Å². The second kappa shape index (κ2) is 6.06. The lowest BCUT2D eigenvalue weighted by Gasteiger charge is -2.32. The number of nitrogens with zero attached hydrogens (tertiary/aromatic N) is 1. The van der Waals surface area contributed by atoms with Crippen LogP contribution in [0.5, 0.6) is 0 Å². The van der Waals surface area contributed by atoms with E-state index in [-0.39, 0.29) is 11.9 Å². The normalized spacial score (nSPS) is 19.6. The Kier molecular flexibility index (Phi) is 3.97. The average molecular weight is 270 g/mol. The highest BCUT2D eigenvalue weighted by molar-refractivity contribution is 5.49. The van der Waals surface area contributed by atoms with E-state index in [1.807, 2.05) is 18.2 Å². The first-order valence-corrected chi connectivity index (χ1v) is 7.12. The summed E-state index contributed by atoms with van der Waals surface area (Å²) in [4.78, 5) is 2.41. The van der Waals surface area contributed by atoms with E-state index < -0.39 is 0 Å². The summed E-state index contributed by atoms with van der Waals surface area (Å²) in [5.74, 6) is -0.179. The van der Waals surface area contributed by atoms with Crippen LogP contribution in [-0.2, 0) is 0 Å². The molecule has 0 aliphatic carbocycles. The van der Waals surface area contributed by atoms with E-state index in [1.54, 1.807) is 12.1 Å². The molecule has 1 saturated heterocycles. The fraction of sp³-hybridized carbons (Fsp3) is 0.294. The van der Waals surface area contributed by atoms with Gasteiger partial charge in [-0.1, -0.05) is 30.3 Å². The molecule has 1 N–H and O–H groups in total. The summed E-state index contributed by atoms with van der Waals surface area (Å²) >= 11 is 0. The molecule has 0 aromatic heterocycles. The topological polar surface area (TPSA) is 15.3 Å². The Balaban J connectivity index is 1.93. The number of benzene rings is 2. The van der Waals surface area contributed by atoms with Crippen LogP contribution in [0.1, 0.15) is 18.0 Å². The number of hydrogen-bond acceptors (Lipinski definition) is 2. The molecule has 0 unspecified atom stereocenters.